The minimum Gasteiger partial charge on any atom is -0.330 e. The molecule has 3 heterocycles. The fraction of sp³-hybridized carbons (Fsp3) is 0.529. The monoisotopic (exact) mass is 348 g/mol. The van der Waals surface area contributed by atoms with Crippen molar-refractivity contribution < 1.29 is 8.42 Å². The van der Waals surface area contributed by atoms with Crippen LogP contribution in [-0.4, -0.2) is 46.6 Å². The van der Waals surface area contributed by atoms with Gasteiger partial charge >= 0.3 is 0 Å². The molecule has 7 heteroatoms. The summed E-state index contributed by atoms with van der Waals surface area (Å²) in [5, 5.41) is 0. The molecule has 0 aliphatic carbocycles. The van der Waals surface area contributed by atoms with E-state index in [1.54, 1.807) is 4.31 Å². The molecule has 1 aliphatic heterocycles. The van der Waals surface area contributed by atoms with E-state index in [1.165, 1.54) is 6.26 Å². The van der Waals surface area contributed by atoms with Crippen molar-refractivity contribution in [2.24, 2.45) is 13.0 Å². The van der Waals surface area contributed by atoms with Crippen LogP contribution in [0.4, 0.5) is 0 Å². The van der Waals surface area contributed by atoms with Crippen LogP contribution in [-0.2, 0) is 23.5 Å². The molecule has 0 N–H and O–H groups in total. The summed E-state index contributed by atoms with van der Waals surface area (Å²) in [4.78, 5) is 8.86. The van der Waals surface area contributed by atoms with E-state index in [0.717, 1.165) is 42.0 Å². The Hall–Kier alpha value is -1.73. The zero-order valence-corrected chi connectivity index (χ0v) is 15.3. The lowest BCUT2D eigenvalue weighted by atomic mass is 9.93. The van der Waals surface area contributed by atoms with Crippen LogP contribution in [0.25, 0.3) is 11.4 Å². The van der Waals surface area contributed by atoms with Crippen molar-refractivity contribution in [1.82, 2.24) is 18.8 Å². The molecule has 2 aromatic heterocycles. The Labute approximate surface area is 143 Å². The van der Waals surface area contributed by atoms with Gasteiger partial charge in [0.05, 0.1) is 23.8 Å². The van der Waals surface area contributed by atoms with E-state index in [1.807, 2.05) is 37.0 Å². The first kappa shape index (κ1) is 17.1. The number of piperidine rings is 1. The summed E-state index contributed by atoms with van der Waals surface area (Å²) in [6, 6.07) is 4.10. The Bertz CT molecular complexity index is 812. The van der Waals surface area contributed by atoms with E-state index in [2.05, 4.69) is 16.0 Å². The Morgan fingerprint density at radius 2 is 2.04 bits per heavy atom. The molecule has 0 unspecified atom stereocenters. The summed E-state index contributed by atoms with van der Waals surface area (Å²) in [5.41, 5.74) is 3.06. The van der Waals surface area contributed by atoms with Crippen LogP contribution < -0.4 is 0 Å². The lowest BCUT2D eigenvalue weighted by Crippen LogP contribution is -2.39. The van der Waals surface area contributed by atoms with Gasteiger partial charge in [0.15, 0.2) is 0 Å². The van der Waals surface area contributed by atoms with Crippen LogP contribution in [0.15, 0.2) is 24.5 Å². The van der Waals surface area contributed by atoms with Gasteiger partial charge in [0, 0.05) is 26.3 Å². The van der Waals surface area contributed by atoms with Gasteiger partial charge in [-0.25, -0.2) is 17.7 Å². The molecular weight excluding hydrogens is 324 g/mol. The molecule has 0 bridgehead atoms. The maximum Gasteiger partial charge on any atom is 0.211 e. The molecule has 0 spiro atoms. The van der Waals surface area contributed by atoms with E-state index >= 15 is 0 Å². The van der Waals surface area contributed by atoms with Gasteiger partial charge < -0.3 is 4.57 Å². The van der Waals surface area contributed by atoms with Crippen LogP contribution in [0, 0.1) is 12.8 Å². The maximum absolute atomic E-state index is 11.7. The molecule has 2 aromatic rings. The standard InChI is InChI=1S/C17H24N4O2S/c1-13-18-11-17(20(13)2)16-7-6-14(10-19-16)9-15-5-4-8-21(12-15)24(3,22)23/h6-7,10-11,15H,4-5,8-9,12H2,1-3H3/t15-/m0/s1. The highest BCUT2D eigenvalue weighted by Gasteiger charge is 2.25. The quantitative estimate of drug-likeness (QED) is 0.847. The lowest BCUT2D eigenvalue weighted by molar-refractivity contribution is 0.266. The normalized spacial score (nSPS) is 19.5. The van der Waals surface area contributed by atoms with Gasteiger partial charge in [-0.1, -0.05) is 6.07 Å². The predicted molar refractivity (Wildman–Crippen MR) is 94.0 cm³/mol. The molecule has 24 heavy (non-hydrogen) atoms. The predicted octanol–water partition coefficient (Wildman–Crippen LogP) is 2.00. The van der Waals surface area contributed by atoms with Crippen molar-refractivity contribution >= 4 is 10.0 Å². The third-order valence-corrected chi connectivity index (χ3v) is 6.05. The van der Waals surface area contributed by atoms with Crippen molar-refractivity contribution in [3.05, 3.63) is 35.9 Å². The smallest absolute Gasteiger partial charge is 0.211 e. The molecule has 3 rings (SSSR count). The number of rotatable bonds is 4. The third-order valence-electron chi connectivity index (χ3n) is 4.78. The molecule has 1 fully saturated rings. The highest BCUT2D eigenvalue weighted by Crippen LogP contribution is 2.23. The van der Waals surface area contributed by atoms with Gasteiger partial charge in [0.1, 0.15) is 5.82 Å². The molecular formula is C17H24N4O2S. The maximum atomic E-state index is 11.7. The van der Waals surface area contributed by atoms with Gasteiger partial charge in [-0.15, -0.1) is 0 Å². The number of imidazole rings is 1. The summed E-state index contributed by atoms with van der Waals surface area (Å²) >= 11 is 0. The molecule has 0 amide bonds. The second-order valence-electron chi connectivity index (χ2n) is 6.63. The van der Waals surface area contributed by atoms with E-state index in [4.69, 9.17) is 0 Å². The molecule has 1 saturated heterocycles. The number of nitrogens with zero attached hydrogens (tertiary/aromatic N) is 4. The summed E-state index contributed by atoms with van der Waals surface area (Å²) in [5.74, 6) is 1.32. The zero-order valence-electron chi connectivity index (χ0n) is 14.4. The largest absolute Gasteiger partial charge is 0.330 e. The Kier molecular flexibility index (Phi) is 4.73. The molecule has 0 aromatic carbocycles. The number of pyridine rings is 1. The van der Waals surface area contributed by atoms with Crippen molar-refractivity contribution in [1.29, 1.82) is 0 Å². The molecule has 130 valence electrons. The summed E-state index contributed by atoms with van der Waals surface area (Å²) in [7, 11) is -1.11. The molecule has 1 atom stereocenters. The van der Waals surface area contributed by atoms with Crippen LogP contribution in [0.1, 0.15) is 24.2 Å². The minimum absolute atomic E-state index is 0.361. The average molecular weight is 348 g/mol. The van der Waals surface area contributed by atoms with Crippen LogP contribution in [0.3, 0.4) is 0 Å². The van der Waals surface area contributed by atoms with E-state index in [-0.39, 0.29) is 0 Å². The Morgan fingerprint density at radius 3 is 2.62 bits per heavy atom. The molecule has 1 aliphatic rings. The van der Waals surface area contributed by atoms with Gasteiger partial charge in [-0.2, -0.15) is 0 Å². The van der Waals surface area contributed by atoms with Crippen molar-refractivity contribution in [3.63, 3.8) is 0 Å². The third kappa shape index (κ3) is 3.67. The number of hydrogen-bond acceptors (Lipinski definition) is 4. The highest BCUT2D eigenvalue weighted by atomic mass is 32.2. The van der Waals surface area contributed by atoms with Crippen LogP contribution >= 0.6 is 0 Å². The van der Waals surface area contributed by atoms with Crippen LogP contribution in [0.5, 0.6) is 0 Å². The molecule has 0 radical (unpaired) electrons. The van der Waals surface area contributed by atoms with Gasteiger partial charge in [-0.05, 0) is 43.7 Å². The van der Waals surface area contributed by atoms with Gasteiger partial charge in [-0.3, -0.25) is 4.98 Å². The summed E-state index contributed by atoms with van der Waals surface area (Å²) in [6.07, 6.45) is 7.89. The van der Waals surface area contributed by atoms with Gasteiger partial charge in [0.2, 0.25) is 10.0 Å². The Morgan fingerprint density at radius 1 is 1.25 bits per heavy atom. The minimum atomic E-state index is -3.09. The van der Waals surface area contributed by atoms with Gasteiger partial charge in [0.25, 0.3) is 0 Å². The second-order valence-corrected chi connectivity index (χ2v) is 8.62. The zero-order chi connectivity index (χ0) is 17.3. The SMILES string of the molecule is Cc1ncc(-c2ccc(C[C@@H]3CCCN(S(C)(=O)=O)C3)cn2)n1C. The summed E-state index contributed by atoms with van der Waals surface area (Å²) < 4.78 is 27.1. The van der Waals surface area contributed by atoms with Crippen molar-refractivity contribution in [2.45, 2.75) is 26.2 Å². The van der Waals surface area contributed by atoms with Crippen molar-refractivity contribution in [3.8, 4) is 11.4 Å². The second kappa shape index (κ2) is 6.64. The number of aryl methyl sites for hydroxylation is 1. The van der Waals surface area contributed by atoms with Crippen molar-refractivity contribution in [2.75, 3.05) is 19.3 Å². The topological polar surface area (TPSA) is 68.1 Å². The molecule has 6 nitrogen and oxygen atoms in total. The number of aromatic nitrogens is 3. The fourth-order valence-corrected chi connectivity index (χ4v) is 4.21. The first-order chi connectivity index (χ1) is 11.3. The first-order valence-corrected chi connectivity index (χ1v) is 10.1. The first-order valence-electron chi connectivity index (χ1n) is 8.23. The number of sulfonamides is 1. The fourth-order valence-electron chi connectivity index (χ4n) is 3.26. The summed E-state index contributed by atoms with van der Waals surface area (Å²) in [6.45, 7) is 3.22. The van der Waals surface area contributed by atoms with E-state index in [9.17, 15) is 8.42 Å². The average Bonchev–Trinajstić information content (AvgIpc) is 2.87. The van der Waals surface area contributed by atoms with Crippen LogP contribution in [0.2, 0.25) is 0 Å². The Balaban J connectivity index is 1.69. The van der Waals surface area contributed by atoms with E-state index < -0.39 is 10.0 Å². The molecule has 0 saturated carbocycles. The van der Waals surface area contributed by atoms with E-state index in [0.29, 0.717) is 19.0 Å². The number of hydrogen-bond donors (Lipinski definition) is 0. The lowest BCUT2D eigenvalue weighted by Gasteiger charge is -2.30. The highest BCUT2D eigenvalue weighted by molar-refractivity contribution is 7.88.